The normalized spacial score (nSPS) is 13.1. The van der Waals surface area contributed by atoms with Crippen LogP contribution in [0.25, 0.3) is 5.57 Å². The van der Waals surface area contributed by atoms with Gasteiger partial charge in [0.25, 0.3) is 30.4 Å². The molecular weight excluding hydrogens is 705 g/mol. The Kier molecular flexibility index (Phi) is 11.8. The molecule has 0 amide bonds. The molecule has 0 heterocycles. The Labute approximate surface area is 291 Å². The van der Waals surface area contributed by atoms with Crippen molar-refractivity contribution in [2.24, 2.45) is 4.99 Å². The highest BCUT2D eigenvalue weighted by Gasteiger charge is 2.21. The number of allylic oxidation sites excluding steroid dienone is 5. The maximum Gasteiger partial charge on any atom is 0.295 e. The number of anilines is 1. The molecule has 4 aromatic carbocycles. The summed E-state index contributed by atoms with van der Waals surface area (Å²) in [5.74, 6) is 0. The van der Waals surface area contributed by atoms with Crippen molar-refractivity contribution in [3.8, 4) is 0 Å². The quantitative estimate of drug-likeness (QED) is 0.171. The van der Waals surface area contributed by atoms with E-state index in [0.29, 0.717) is 46.6 Å². The molecule has 50 heavy (non-hydrogen) atoms. The lowest BCUT2D eigenvalue weighted by molar-refractivity contribution is 0.480. The van der Waals surface area contributed by atoms with E-state index < -0.39 is 30.4 Å². The van der Waals surface area contributed by atoms with Gasteiger partial charge < -0.3 is 10.4 Å². The molecule has 1 aliphatic rings. The van der Waals surface area contributed by atoms with Crippen LogP contribution in [0.15, 0.2) is 147 Å². The van der Waals surface area contributed by atoms with Crippen molar-refractivity contribution in [1.82, 2.24) is 0 Å². The molecule has 0 atom stereocenters. The molecule has 0 unspecified atom stereocenters. The highest BCUT2D eigenvalue weighted by Crippen LogP contribution is 2.35. The largest absolute Gasteiger partial charge is 0.412 e. The zero-order valence-electron chi connectivity index (χ0n) is 26.6. The Morgan fingerprint density at radius 2 is 1.22 bits per heavy atom. The highest BCUT2D eigenvalue weighted by molar-refractivity contribution is 7.86. The minimum absolute atomic E-state index is 0. The molecule has 0 aromatic heterocycles. The van der Waals surface area contributed by atoms with Crippen LogP contribution >= 0.6 is 0 Å². The maximum atomic E-state index is 12.4. The number of nitrogens with zero attached hydrogens (tertiary/aromatic N) is 2. The monoisotopic (exact) mass is 738 g/mol. The fraction of sp³-hybridized carbons (Fsp3) is 0.114. The van der Waals surface area contributed by atoms with Gasteiger partial charge in [-0.15, -0.1) is 0 Å². The summed E-state index contributed by atoms with van der Waals surface area (Å²) in [5.41, 5.74) is 4.69. The smallest absolute Gasteiger partial charge is 0.295 e. The standard InChI is InChI=1S/C35H32N2O9S3.H2O/c1-2-37(24-26-8-6-10-32(22-26)48(41,42)43)30-19-15-28(16-20-30)35(33-11-3-4-12-34(33)49(44,45)46)27-13-17-29(18-14-27)36-23-25-7-5-9-31(21-25)47(38,39)40;/h3-22H,2,23-24H2,1H3,(H,38,39,40)(H,41,42,43)(H,44,45,46);1H2. The first-order chi connectivity index (χ1) is 23.1. The molecule has 12 nitrogen and oxygen atoms in total. The van der Waals surface area contributed by atoms with E-state index in [4.69, 9.17) is 0 Å². The first-order valence-electron chi connectivity index (χ1n) is 14.8. The van der Waals surface area contributed by atoms with Crippen LogP contribution in [0, 0.1) is 0 Å². The van der Waals surface area contributed by atoms with Crippen LogP contribution in [0.4, 0.5) is 5.69 Å². The van der Waals surface area contributed by atoms with E-state index in [1.807, 2.05) is 36.1 Å². The van der Waals surface area contributed by atoms with Crippen molar-refractivity contribution in [3.05, 3.63) is 149 Å². The van der Waals surface area contributed by atoms with Gasteiger partial charge in [0.1, 0.15) is 4.90 Å². The third-order valence-corrected chi connectivity index (χ3v) is 10.3. The van der Waals surface area contributed by atoms with Crippen molar-refractivity contribution < 1.29 is 44.4 Å². The van der Waals surface area contributed by atoms with Crippen molar-refractivity contribution in [1.29, 1.82) is 0 Å². The topological polar surface area (TPSA) is 210 Å². The van der Waals surface area contributed by atoms with Crippen molar-refractivity contribution >= 4 is 47.3 Å². The molecular formula is C35H34N2O10S3. The Morgan fingerprint density at radius 1 is 0.660 bits per heavy atom. The van der Waals surface area contributed by atoms with Crippen molar-refractivity contribution in [2.75, 3.05) is 11.4 Å². The van der Waals surface area contributed by atoms with Crippen LogP contribution in [-0.4, -0.2) is 56.6 Å². The molecule has 0 saturated carbocycles. The SMILES string of the molecule is CCN(Cc1cccc(S(=O)(=O)O)c1)c1ccc(C(=C2C=CC(=NCc3cccc(S(=O)(=O)O)c3)C=C2)c2ccccc2S(=O)(=O)O)cc1.O. The second-order valence-corrected chi connectivity index (χ2v) is 15.2. The average molecular weight is 739 g/mol. The Morgan fingerprint density at radius 3 is 1.78 bits per heavy atom. The van der Waals surface area contributed by atoms with E-state index in [2.05, 4.69) is 4.99 Å². The van der Waals surface area contributed by atoms with Gasteiger partial charge in [-0.1, -0.05) is 66.7 Å². The second-order valence-electron chi connectivity index (χ2n) is 11.0. The van der Waals surface area contributed by atoms with Crippen LogP contribution in [-0.2, 0) is 43.4 Å². The fourth-order valence-corrected chi connectivity index (χ4v) is 7.15. The van der Waals surface area contributed by atoms with Crippen molar-refractivity contribution in [3.63, 3.8) is 0 Å². The van der Waals surface area contributed by atoms with Gasteiger partial charge in [-0.2, -0.15) is 25.3 Å². The Bertz CT molecular complexity index is 2330. The lowest BCUT2D eigenvalue weighted by Gasteiger charge is -2.24. The summed E-state index contributed by atoms with van der Waals surface area (Å²) in [6.45, 7) is 3.01. The number of aliphatic imine (C=N–C) groups is 1. The van der Waals surface area contributed by atoms with E-state index in [1.54, 1.807) is 54.6 Å². The Hall–Kier alpha value is -4.74. The zero-order chi connectivity index (χ0) is 35.4. The third kappa shape index (κ3) is 9.28. The second kappa shape index (κ2) is 15.4. The highest BCUT2D eigenvalue weighted by atomic mass is 32.2. The number of rotatable bonds is 11. The molecule has 0 fully saturated rings. The van der Waals surface area contributed by atoms with Crippen LogP contribution in [0.3, 0.4) is 0 Å². The predicted molar refractivity (Wildman–Crippen MR) is 191 cm³/mol. The van der Waals surface area contributed by atoms with Crippen LogP contribution in [0.2, 0.25) is 0 Å². The van der Waals surface area contributed by atoms with Crippen LogP contribution in [0.5, 0.6) is 0 Å². The summed E-state index contributed by atoms with van der Waals surface area (Å²) in [5, 5.41) is 0. The van der Waals surface area contributed by atoms with Gasteiger partial charge >= 0.3 is 0 Å². The molecule has 0 radical (unpaired) electrons. The zero-order valence-corrected chi connectivity index (χ0v) is 29.0. The summed E-state index contributed by atoms with van der Waals surface area (Å²) in [6, 6.07) is 25.3. The lowest BCUT2D eigenvalue weighted by atomic mass is 9.90. The number of benzene rings is 4. The number of hydrogen-bond donors (Lipinski definition) is 3. The van der Waals surface area contributed by atoms with Gasteiger partial charge in [0.2, 0.25) is 0 Å². The van der Waals surface area contributed by atoms with E-state index >= 15 is 0 Å². The third-order valence-electron chi connectivity index (χ3n) is 7.70. The number of hydrogen-bond acceptors (Lipinski definition) is 8. The van der Waals surface area contributed by atoms with E-state index in [1.165, 1.54) is 42.5 Å². The predicted octanol–water partition coefficient (Wildman–Crippen LogP) is 5.20. The fourth-order valence-electron chi connectivity index (χ4n) is 5.35. The molecule has 5 N–H and O–H groups in total. The molecule has 262 valence electrons. The first-order valence-corrected chi connectivity index (χ1v) is 19.2. The van der Waals surface area contributed by atoms with E-state index in [0.717, 1.165) is 5.69 Å². The van der Waals surface area contributed by atoms with Gasteiger partial charge in [0.05, 0.1) is 22.0 Å². The van der Waals surface area contributed by atoms with E-state index in [9.17, 15) is 38.9 Å². The van der Waals surface area contributed by atoms with Crippen LogP contribution in [0.1, 0.15) is 29.2 Å². The van der Waals surface area contributed by atoms with Gasteiger partial charge in [-0.05, 0) is 89.4 Å². The molecule has 5 rings (SSSR count). The molecule has 0 aliphatic heterocycles. The summed E-state index contributed by atoms with van der Waals surface area (Å²) >= 11 is 0. The van der Waals surface area contributed by atoms with Gasteiger partial charge in [-0.25, -0.2) is 0 Å². The summed E-state index contributed by atoms with van der Waals surface area (Å²) in [6.07, 6.45) is 6.98. The summed E-state index contributed by atoms with van der Waals surface area (Å²) in [4.78, 5) is 5.83. The Balaban J connectivity index is 0.00000562. The maximum absolute atomic E-state index is 12.4. The summed E-state index contributed by atoms with van der Waals surface area (Å²) < 4.78 is 100. The molecule has 0 saturated heterocycles. The minimum Gasteiger partial charge on any atom is -0.412 e. The van der Waals surface area contributed by atoms with Gasteiger partial charge in [0.15, 0.2) is 0 Å². The average Bonchev–Trinajstić information content (AvgIpc) is 3.07. The van der Waals surface area contributed by atoms with Crippen molar-refractivity contribution in [2.45, 2.75) is 34.7 Å². The van der Waals surface area contributed by atoms with Crippen LogP contribution < -0.4 is 4.90 Å². The molecule has 15 heteroatoms. The molecule has 1 aliphatic carbocycles. The minimum atomic E-state index is -4.60. The molecule has 0 spiro atoms. The first kappa shape index (κ1) is 38.1. The molecule has 0 bridgehead atoms. The summed E-state index contributed by atoms with van der Waals surface area (Å²) in [7, 11) is -13.3. The van der Waals surface area contributed by atoms with Gasteiger partial charge in [0, 0.05) is 24.3 Å². The van der Waals surface area contributed by atoms with Gasteiger partial charge in [-0.3, -0.25) is 18.7 Å². The van der Waals surface area contributed by atoms with E-state index in [-0.39, 0.29) is 32.3 Å². The molecule has 4 aromatic rings. The lowest BCUT2D eigenvalue weighted by Crippen LogP contribution is -2.22.